The molecule has 0 bridgehead atoms. The third kappa shape index (κ3) is 8.74. The van der Waals surface area contributed by atoms with Gasteiger partial charge in [0.1, 0.15) is 5.75 Å². The quantitative estimate of drug-likeness (QED) is 0.258. The maximum Gasteiger partial charge on any atom is 0.387 e. The summed E-state index contributed by atoms with van der Waals surface area (Å²) in [5, 5.41) is 6.36. The van der Waals surface area contributed by atoms with Crippen molar-refractivity contribution in [3.8, 4) is 17.2 Å². The number of methoxy groups -OCH3 is 1. The molecule has 2 rings (SSSR count). The van der Waals surface area contributed by atoms with Crippen molar-refractivity contribution in [2.45, 2.75) is 20.1 Å². The third-order valence-electron chi connectivity index (χ3n) is 3.99. The van der Waals surface area contributed by atoms with Crippen LogP contribution in [0.1, 0.15) is 12.5 Å². The molecule has 0 fully saturated rings. The molecule has 0 aliphatic carbocycles. The Morgan fingerprint density at radius 3 is 2.62 bits per heavy atom. The normalized spacial score (nSPS) is 12.9. The molecule has 1 aliphatic rings. The molecule has 29 heavy (non-hydrogen) atoms. The van der Waals surface area contributed by atoms with Gasteiger partial charge in [-0.05, 0) is 20.0 Å². The zero-order chi connectivity index (χ0) is 20.4. The largest absolute Gasteiger partial charge is 0.454 e. The fraction of sp³-hybridized carbons (Fsp3) is 0.611. The van der Waals surface area contributed by atoms with Crippen molar-refractivity contribution in [1.29, 1.82) is 0 Å². The predicted molar refractivity (Wildman–Crippen MR) is 117 cm³/mol. The molecule has 1 heterocycles. The molecule has 1 aromatic rings. The molecule has 1 aliphatic heterocycles. The Bertz CT molecular complexity index is 653. The molecular formula is C18H29F2IN4O4. The van der Waals surface area contributed by atoms with E-state index in [0.717, 1.165) is 13.1 Å². The Balaban J connectivity index is 0.00000420. The van der Waals surface area contributed by atoms with Crippen LogP contribution in [0.25, 0.3) is 0 Å². The molecule has 0 unspecified atom stereocenters. The number of rotatable bonds is 11. The number of fused-ring (bicyclic) bond motifs is 1. The van der Waals surface area contributed by atoms with Crippen molar-refractivity contribution < 1.29 is 27.7 Å². The number of benzene rings is 1. The molecule has 0 atom stereocenters. The van der Waals surface area contributed by atoms with Gasteiger partial charge in [0.2, 0.25) is 6.79 Å². The summed E-state index contributed by atoms with van der Waals surface area (Å²) in [6.07, 6.45) is 0. The Labute approximate surface area is 186 Å². The molecule has 2 N–H and O–H groups in total. The molecule has 0 radical (unpaired) electrons. The number of nitrogens with one attached hydrogen (secondary N) is 2. The highest BCUT2D eigenvalue weighted by atomic mass is 127. The second-order valence-electron chi connectivity index (χ2n) is 6.11. The van der Waals surface area contributed by atoms with Crippen LogP contribution in [0.4, 0.5) is 8.78 Å². The molecule has 11 heteroatoms. The highest BCUT2D eigenvalue weighted by molar-refractivity contribution is 14.0. The van der Waals surface area contributed by atoms with Crippen LogP contribution in [0.2, 0.25) is 0 Å². The minimum absolute atomic E-state index is 0. The molecule has 0 saturated carbocycles. The van der Waals surface area contributed by atoms with Gasteiger partial charge in [-0.1, -0.05) is 0 Å². The van der Waals surface area contributed by atoms with Gasteiger partial charge in [0.25, 0.3) is 0 Å². The third-order valence-corrected chi connectivity index (χ3v) is 3.99. The van der Waals surface area contributed by atoms with Crippen LogP contribution >= 0.6 is 24.0 Å². The number of halogens is 3. The number of hydrogen-bond acceptors (Lipinski definition) is 6. The lowest BCUT2D eigenvalue weighted by Gasteiger charge is -2.18. The molecule has 0 aromatic heterocycles. The summed E-state index contributed by atoms with van der Waals surface area (Å²) >= 11 is 0. The van der Waals surface area contributed by atoms with Crippen LogP contribution in [0.3, 0.4) is 0 Å². The summed E-state index contributed by atoms with van der Waals surface area (Å²) in [6, 6.07) is 3.02. The summed E-state index contributed by atoms with van der Waals surface area (Å²) in [5.41, 5.74) is 0.485. The Kier molecular flexibility index (Phi) is 11.9. The van der Waals surface area contributed by atoms with Gasteiger partial charge < -0.3 is 34.5 Å². The summed E-state index contributed by atoms with van der Waals surface area (Å²) < 4.78 is 45.7. The van der Waals surface area contributed by atoms with Crippen molar-refractivity contribution in [1.82, 2.24) is 15.5 Å². The zero-order valence-corrected chi connectivity index (χ0v) is 19.2. The van der Waals surface area contributed by atoms with Gasteiger partial charge in [0.05, 0.1) is 13.2 Å². The van der Waals surface area contributed by atoms with Crippen LogP contribution in [-0.4, -0.2) is 71.2 Å². The van der Waals surface area contributed by atoms with E-state index in [2.05, 4.69) is 25.3 Å². The van der Waals surface area contributed by atoms with Crippen molar-refractivity contribution in [3.63, 3.8) is 0 Å². The molecule has 166 valence electrons. The van der Waals surface area contributed by atoms with E-state index in [1.807, 2.05) is 14.0 Å². The second-order valence-corrected chi connectivity index (χ2v) is 6.11. The van der Waals surface area contributed by atoms with E-state index in [4.69, 9.17) is 14.2 Å². The van der Waals surface area contributed by atoms with Crippen LogP contribution < -0.4 is 24.8 Å². The van der Waals surface area contributed by atoms with Gasteiger partial charge in [0, 0.05) is 44.9 Å². The fourth-order valence-electron chi connectivity index (χ4n) is 2.52. The number of likely N-dealkylation sites (N-methyl/N-ethyl adjacent to an activating group) is 1. The number of ether oxygens (including phenoxy) is 4. The van der Waals surface area contributed by atoms with Crippen molar-refractivity contribution in [2.24, 2.45) is 4.99 Å². The van der Waals surface area contributed by atoms with Gasteiger partial charge in [-0.2, -0.15) is 8.78 Å². The van der Waals surface area contributed by atoms with Gasteiger partial charge >= 0.3 is 6.61 Å². The van der Waals surface area contributed by atoms with Gasteiger partial charge in [0.15, 0.2) is 17.5 Å². The standard InChI is InChI=1S/C18H28F2N4O4.HI/c1-4-21-18(22-5-6-24(2)7-8-25-3)23-11-13-9-15-16(27-12-26-15)10-14(13)28-17(19)20;/h9-10,17H,4-8,11-12H2,1-3H3,(H2,21,22,23);1H. The fourth-order valence-corrected chi connectivity index (χ4v) is 2.52. The zero-order valence-electron chi connectivity index (χ0n) is 16.9. The summed E-state index contributed by atoms with van der Waals surface area (Å²) in [7, 11) is 3.68. The molecular weight excluding hydrogens is 501 g/mol. The topological polar surface area (TPSA) is 76.6 Å². The number of hydrogen-bond donors (Lipinski definition) is 2. The lowest BCUT2D eigenvalue weighted by atomic mass is 10.1. The van der Waals surface area contributed by atoms with Crippen molar-refractivity contribution in [3.05, 3.63) is 17.7 Å². The predicted octanol–water partition coefficient (Wildman–Crippen LogP) is 2.27. The molecule has 8 nitrogen and oxygen atoms in total. The van der Waals surface area contributed by atoms with Crippen LogP contribution in [-0.2, 0) is 11.3 Å². The van der Waals surface area contributed by atoms with Gasteiger partial charge in [-0.15, -0.1) is 24.0 Å². The highest BCUT2D eigenvalue weighted by Gasteiger charge is 2.20. The average Bonchev–Trinajstić information content (AvgIpc) is 3.11. The van der Waals surface area contributed by atoms with Gasteiger partial charge in [-0.25, -0.2) is 4.99 Å². The molecule has 1 aromatic carbocycles. The first-order valence-corrected chi connectivity index (χ1v) is 9.10. The summed E-state index contributed by atoms with van der Waals surface area (Å²) in [6.45, 7) is 2.87. The van der Waals surface area contributed by atoms with Crippen LogP contribution in [0.5, 0.6) is 17.2 Å². The van der Waals surface area contributed by atoms with E-state index in [-0.39, 0.29) is 43.1 Å². The second kappa shape index (κ2) is 13.6. The SMILES string of the molecule is CCNC(=NCc1cc2c(cc1OC(F)F)OCO2)NCCN(C)CCOC.I. The number of guanidine groups is 1. The number of nitrogens with zero attached hydrogens (tertiary/aromatic N) is 2. The minimum Gasteiger partial charge on any atom is -0.454 e. The van der Waals surface area contributed by atoms with E-state index in [0.29, 0.717) is 42.7 Å². The Morgan fingerprint density at radius 1 is 1.24 bits per heavy atom. The number of alkyl halides is 2. The highest BCUT2D eigenvalue weighted by Crippen LogP contribution is 2.38. The first-order valence-electron chi connectivity index (χ1n) is 9.10. The van der Waals surface area contributed by atoms with Crippen molar-refractivity contribution in [2.75, 3.05) is 53.7 Å². The smallest absolute Gasteiger partial charge is 0.387 e. The number of aliphatic imine (C=N–C) groups is 1. The maximum absolute atomic E-state index is 12.7. The van der Waals surface area contributed by atoms with Crippen LogP contribution in [0, 0.1) is 0 Å². The minimum atomic E-state index is -2.93. The molecule has 0 spiro atoms. The summed E-state index contributed by atoms with van der Waals surface area (Å²) in [4.78, 5) is 6.60. The first kappa shape index (κ1) is 25.4. The Hall–Kier alpha value is -1.60. The first-order chi connectivity index (χ1) is 13.5. The summed E-state index contributed by atoms with van der Waals surface area (Å²) in [5.74, 6) is 1.48. The van der Waals surface area contributed by atoms with E-state index in [9.17, 15) is 8.78 Å². The van der Waals surface area contributed by atoms with Crippen molar-refractivity contribution >= 4 is 29.9 Å². The van der Waals surface area contributed by atoms with E-state index in [1.165, 1.54) is 6.07 Å². The van der Waals surface area contributed by atoms with E-state index in [1.54, 1.807) is 13.2 Å². The monoisotopic (exact) mass is 530 g/mol. The van der Waals surface area contributed by atoms with E-state index >= 15 is 0 Å². The molecule has 0 saturated heterocycles. The maximum atomic E-state index is 12.7. The average molecular weight is 530 g/mol. The van der Waals surface area contributed by atoms with E-state index < -0.39 is 6.61 Å². The Morgan fingerprint density at radius 2 is 1.97 bits per heavy atom. The van der Waals surface area contributed by atoms with Gasteiger partial charge in [-0.3, -0.25) is 0 Å². The molecule has 0 amide bonds. The van der Waals surface area contributed by atoms with Crippen LogP contribution in [0.15, 0.2) is 17.1 Å². The lowest BCUT2D eigenvalue weighted by molar-refractivity contribution is -0.0505. The lowest BCUT2D eigenvalue weighted by Crippen LogP contribution is -2.41.